The number of carbonyl (C=O) groups is 1. The fraction of sp³-hybridized carbons (Fsp3) is 0.600. The summed E-state index contributed by atoms with van der Waals surface area (Å²) in [5.41, 5.74) is 0. The quantitative estimate of drug-likeness (QED) is 0.838. The van der Waals surface area contributed by atoms with E-state index < -0.39 is 0 Å². The van der Waals surface area contributed by atoms with Gasteiger partial charge in [-0.25, -0.2) is 14.6 Å². The summed E-state index contributed by atoms with van der Waals surface area (Å²) in [4.78, 5) is 22.5. The van der Waals surface area contributed by atoms with Crippen molar-refractivity contribution in [3.63, 3.8) is 0 Å². The first-order valence-corrected chi connectivity index (χ1v) is 7.83. The third kappa shape index (κ3) is 3.35. The zero-order chi connectivity index (χ0) is 15.4. The number of likely N-dealkylation sites (tertiary alicyclic amines) is 1. The predicted octanol–water partition coefficient (Wildman–Crippen LogP) is 1.43. The van der Waals surface area contributed by atoms with Crippen molar-refractivity contribution in [2.24, 2.45) is 0 Å². The minimum atomic E-state index is 0.239. The molecule has 0 spiro atoms. The maximum atomic E-state index is 12.4. The van der Waals surface area contributed by atoms with E-state index in [1.807, 2.05) is 22.7 Å². The average Bonchev–Trinajstić information content (AvgIpc) is 3.20. The molecular formula is C15H22N6O. The largest absolute Gasteiger partial charge is 0.341 e. The number of amides is 1. The van der Waals surface area contributed by atoms with Gasteiger partial charge in [-0.3, -0.25) is 4.79 Å². The van der Waals surface area contributed by atoms with Gasteiger partial charge in [0.2, 0.25) is 5.91 Å². The summed E-state index contributed by atoms with van der Waals surface area (Å²) < 4.78 is 3.95. The molecular weight excluding hydrogens is 280 g/mol. The zero-order valence-corrected chi connectivity index (χ0v) is 12.9. The lowest BCUT2D eigenvalue weighted by atomic mass is 10.1. The summed E-state index contributed by atoms with van der Waals surface area (Å²) in [6.45, 7) is 4.42. The van der Waals surface area contributed by atoms with E-state index in [2.05, 4.69) is 19.6 Å². The molecule has 0 saturated carbocycles. The average molecular weight is 302 g/mol. The molecule has 1 aliphatic heterocycles. The molecule has 1 aliphatic rings. The third-order valence-electron chi connectivity index (χ3n) is 4.27. The van der Waals surface area contributed by atoms with E-state index in [0.717, 1.165) is 44.7 Å². The second-order valence-electron chi connectivity index (χ2n) is 5.78. The van der Waals surface area contributed by atoms with Gasteiger partial charge < -0.3 is 9.47 Å². The molecule has 7 nitrogen and oxygen atoms in total. The molecule has 0 bridgehead atoms. The molecule has 7 heteroatoms. The first kappa shape index (κ1) is 14.7. The fourth-order valence-electron chi connectivity index (χ4n) is 3.00. The second kappa shape index (κ2) is 6.72. The molecule has 0 radical (unpaired) electrons. The van der Waals surface area contributed by atoms with Gasteiger partial charge in [-0.1, -0.05) is 0 Å². The van der Waals surface area contributed by atoms with Gasteiger partial charge in [0.05, 0.1) is 6.04 Å². The van der Waals surface area contributed by atoms with Crippen LogP contribution < -0.4 is 0 Å². The van der Waals surface area contributed by atoms with E-state index in [9.17, 15) is 4.79 Å². The minimum Gasteiger partial charge on any atom is -0.341 e. The molecule has 0 aromatic carbocycles. The number of aromatic nitrogens is 5. The van der Waals surface area contributed by atoms with Crippen LogP contribution in [0.25, 0.3) is 0 Å². The SMILES string of the molecule is Cc1nccn1CCCC(=O)N1CCCC(n2cncn2)C1. The van der Waals surface area contributed by atoms with Crippen LogP contribution in [0.3, 0.4) is 0 Å². The molecule has 2 aromatic rings. The van der Waals surface area contributed by atoms with Gasteiger partial charge in [-0.15, -0.1) is 0 Å². The monoisotopic (exact) mass is 302 g/mol. The van der Waals surface area contributed by atoms with Crippen molar-refractivity contribution >= 4 is 5.91 Å². The first-order valence-electron chi connectivity index (χ1n) is 7.83. The highest BCUT2D eigenvalue weighted by atomic mass is 16.2. The van der Waals surface area contributed by atoms with Gasteiger partial charge in [-0.05, 0) is 26.2 Å². The summed E-state index contributed by atoms with van der Waals surface area (Å²) in [7, 11) is 0. The van der Waals surface area contributed by atoms with E-state index in [1.54, 1.807) is 18.9 Å². The van der Waals surface area contributed by atoms with E-state index in [4.69, 9.17) is 0 Å². The van der Waals surface area contributed by atoms with Crippen molar-refractivity contribution in [3.05, 3.63) is 30.9 Å². The summed E-state index contributed by atoms with van der Waals surface area (Å²) in [6.07, 6.45) is 10.6. The fourth-order valence-corrected chi connectivity index (χ4v) is 3.00. The Bertz CT molecular complexity index is 605. The zero-order valence-electron chi connectivity index (χ0n) is 12.9. The smallest absolute Gasteiger partial charge is 0.222 e. The Morgan fingerprint density at radius 2 is 2.36 bits per heavy atom. The number of imidazole rings is 1. The normalized spacial score (nSPS) is 18.6. The van der Waals surface area contributed by atoms with Crippen LogP contribution >= 0.6 is 0 Å². The van der Waals surface area contributed by atoms with E-state index in [1.165, 1.54) is 0 Å². The highest BCUT2D eigenvalue weighted by molar-refractivity contribution is 5.76. The van der Waals surface area contributed by atoms with Gasteiger partial charge in [0, 0.05) is 38.4 Å². The Hall–Kier alpha value is -2.18. The van der Waals surface area contributed by atoms with Crippen LogP contribution in [-0.4, -0.2) is 48.2 Å². The number of piperidine rings is 1. The minimum absolute atomic E-state index is 0.239. The van der Waals surface area contributed by atoms with Crippen molar-refractivity contribution in [2.45, 2.75) is 45.2 Å². The molecule has 1 unspecified atom stereocenters. The summed E-state index contributed by atoms with van der Waals surface area (Å²) >= 11 is 0. The molecule has 1 amide bonds. The molecule has 118 valence electrons. The van der Waals surface area contributed by atoms with Gasteiger partial charge in [0.25, 0.3) is 0 Å². The van der Waals surface area contributed by atoms with E-state index in [-0.39, 0.29) is 11.9 Å². The molecule has 2 aromatic heterocycles. The van der Waals surface area contributed by atoms with Crippen LogP contribution in [0.4, 0.5) is 0 Å². The van der Waals surface area contributed by atoms with Crippen LogP contribution in [0.1, 0.15) is 37.5 Å². The molecule has 1 fully saturated rings. The van der Waals surface area contributed by atoms with Crippen molar-refractivity contribution < 1.29 is 4.79 Å². The molecule has 1 atom stereocenters. The highest BCUT2D eigenvalue weighted by Crippen LogP contribution is 2.21. The van der Waals surface area contributed by atoms with Crippen LogP contribution in [-0.2, 0) is 11.3 Å². The number of aryl methyl sites for hydroxylation is 2. The van der Waals surface area contributed by atoms with Crippen molar-refractivity contribution in [1.82, 2.24) is 29.2 Å². The van der Waals surface area contributed by atoms with Crippen LogP contribution in [0.15, 0.2) is 25.0 Å². The van der Waals surface area contributed by atoms with Gasteiger partial charge in [0.15, 0.2) is 0 Å². The van der Waals surface area contributed by atoms with Crippen molar-refractivity contribution in [3.8, 4) is 0 Å². The molecule has 3 rings (SSSR count). The lowest BCUT2D eigenvalue weighted by Crippen LogP contribution is -2.40. The predicted molar refractivity (Wildman–Crippen MR) is 81.1 cm³/mol. The van der Waals surface area contributed by atoms with Crippen LogP contribution in [0, 0.1) is 6.92 Å². The Balaban J connectivity index is 1.48. The highest BCUT2D eigenvalue weighted by Gasteiger charge is 2.24. The maximum Gasteiger partial charge on any atom is 0.222 e. The summed E-state index contributed by atoms with van der Waals surface area (Å²) in [6, 6.07) is 0.260. The number of hydrogen-bond acceptors (Lipinski definition) is 4. The number of carbonyl (C=O) groups excluding carboxylic acids is 1. The first-order chi connectivity index (χ1) is 10.7. The van der Waals surface area contributed by atoms with Gasteiger partial charge >= 0.3 is 0 Å². The van der Waals surface area contributed by atoms with E-state index in [0.29, 0.717) is 6.42 Å². The van der Waals surface area contributed by atoms with Gasteiger partial charge in [0.1, 0.15) is 18.5 Å². The molecule has 0 aliphatic carbocycles. The Morgan fingerprint density at radius 1 is 1.45 bits per heavy atom. The van der Waals surface area contributed by atoms with Crippen molar-refractivity contribution in [2.75, 3.05) is 13.1 Å². The second-order valence-corrected chi connectivity index (χ2v) is 5.78. The lowest BCUT2D eigenvalue weighted by molar-refractivity contribution is -0.133. The lowest BCUT2D eigenvalue weighted by Gasteiger charge is -2.32. The maximum absolute atomic E-state index is 12.4. The number of rotatable bonds is 5. The Labute approximate surface area is 130 Å². The van der Waals surface area contributed by atoms with Crippen LogP contribution in [0.2, 0.25) is 0 Å². The Morgan fingerprint density at radius 3 is 3.09 bits per heavy atom. The topological polar surface area (TPSA) is 68.8 Å². The molecule has 1 saturated heterocycles. The number of hydrogen-bond donors (Lipinski definition) is 0. The molecule has 22 heavy (non-hydrogen) atoms. The Kier molecular flexibility index (Phi) is 4.50. The van der Waals surface area contributed by atoms with Gasteiger partial charge in [-0.2, -0.15) is 5.10 Å². The van der Waals surface area contributed by atoms with Crippen LogP contribution in [0.5, 0.6) is 0 Å². The molecule has 0 N–H and O–H groups in total. The molecule has 3 heterocycles. The standard InChI is InChI=1S/C15H22N6O/c1-13-17-6-9-19(13)7-3-5-15(22)20-8-2-4-14(10-20)21-12-16-11-18-21/h6,9,11-12,14H,2-5,7-8,10H2,1H3. The third-order valence-corrected chi connectivity index (χ3v) is 4.27. The summed E-state index contributed by atoms with van der Waals surface area (Å²) in [5.74, 6) is 1.24. The van der Waals surface area contributed by atoms with E-state index >= 15 is 0 Å². The van der Waals surface area contributed by atoms with Crippen molar-refractivity contribution in [1.29, 1.82) is 0 Å². The summed E-state index contributed by atoms with van der Waals surface area (Å²) in [5, 5.41) is 4.20. The number of nitrogens with zero attached hydrogens (tertiary/aromatic N) is 6.